The molecule has 0 amide bonds. The molecule has 5 unspecified atom stereocenters. The highest BCUT2D eigenvalue weighted by Crippen LogP contribution is 2.44. The van der Waals surface area contributed by atoms with Gasteiger partial charge < -0.3 is 9.47 Å². The average Bonchev–Trinajstić information content (AvgIpc) is 2.81. The van der Waals surface area contributed by atoms with Crippen molar-refractivity contribution in [2.24, 2.45) is 41.4 Å². The first-order valence-corrected chi connectivity index (χ1v) is 10.6. The van der Waals surface area contributed by atoms with Crippen molar-refractivity contribution < 1.29 is 14.3 Å². The van der Waals surface area contributed by atoms with E-state index in [9.17, 15) is 4.79 Å². The van der Waals surface area contributed by atoms with Crippen LogP contribution in [-0.4, -0.2) is 18.9 Å². The van der Waals surface area contributed by atoms with Crippen molar-refractivity contribution in [1.29, 1.82) is 0 Å². The molecule has 2 fully saturated rings. The largest absolute Gasteiger partial charge is 0.438 e. The van der Waals surface area contributed by atoms with E-state index in [1.54, 1.807) is 0 Å². The van der Waals surface area contributed by atoms with Crippen LogP contribution in [0.5, 0.6) is 0 Å². The fourth-order valence-electron chi connectivity index (χ4n) is 5.12. The van der Waals surface area contributed by atoms with E-state index in [2.05, 4.69) is 34.6 Å². The van der Waals surface area contributed by atoms with Gasteiger partial charge in [-0.1, -0.05) is 41.5 Å². The Kier molecular flexibility index (Phi) is 7.79. The summed E-state index contributed by atoms with van der Waals surface area (Å²) in [5, 5.41) is 0. The molecule has 3 nitrogen and oxygen atoms in total. The second-order valence-electron chi connectivity index (χ2n) is 9.38. The minimum atomic E-state index is -0.0881. The van der Waals surface area contributed by atoms with Crippen LogP contribution in [0.15, 0.2) is 0 Å². The lowest BCUT2D eigenvalue weighted by Crippen LogP contribution is -2.27. The quantitative estimate of drug-likeness (QED) is 0.437. The summed E-state index contributed by atoms with van der Waals surface area (Å²) in [5.74, 6) is 4.32. The fraction of sp³-hybridized carbons (Fsp3) is 0.955. The molecule has 0 aromatic rings. The van der Waals surface area contributed by atoms with Crippen LogP contribution >= 0.6 is 0 Å². The highest BCUT2D eigenvalue weighted by atomic mass is 16.7. The fourth-order valence-corrected chi connectivity index (χ4v) is 5.12. The predicted molar refractivity (Wildman–Crippen MR) is 102 cm³/mol. The molecular weight excluding hydrogens is 312 g/mol. The zero-order valence-electron chi connectivity index (χ0n) is 17.3. The van der Waals surface area contributed by atoms with Gasteiger partial charge in [-0.05, 0) is 74.0 Å². The third kappa shape index (κ3) is 5.70. The van der Waals surface area contributed by atoms with Gasteiger partial charge in [0.1, 0.15) is 0 Å². The molecule has 3 heteroatoms. The third-order valence-corrected chi connectivity index (χ3v) is 7.24. The maximum Gasteiger partial charge on any atom is 0.310 e. The van der Waals surface area contributed by atoms with Crippen LogP contribution in [0.25, 0.3) is 0 Å². The van der Waals surface area contributed by atoms with E-state index in [0.29, 0.717) is 17.8 Å². The monoisotopic (exact) mass is 352 g/mol. The summed E-state index contributed by atoms with van der Waals surface area (Å²) in [6, 6.07) is 0. The van der Waals surface area contributed by atoms with Gasteiger partial charge in [-0.15, -0.1) is 0 Å². The van der Waals surface area contributed by atoms with Crippen molar-refractivity contribution in [1.82, 2.24) is 0 Å². The van der Waals surface area contributed by atoms with Gasteiger partial charge in [-0.2, -0.15) is 0 Å². The Hall–Kier alpha value is -0.570. The molecule has 25 heavy (non-hydrogen) atoms. The van der Waals surface area contributed by atoms with Crippen LogP contribution in [0.3, 0.4) is 0 Å². The summed E-state index contributed by atoms with van der Waals surface area (Å²) in [7, 11) is 0. The van der Waals surface area contributed by atoms with E-state index in [-0.39, 0.29) is 24.8 Å². The Morgan fingerprint density at radius 2 is 1.64 bits per heavy atom. The van der Waals surface area contributed by atoms with Crippen molar-refractivity contribution in [2.75, 3.05) is 6.79 Å². The van der Waals surface area contributed by atoms with Crippen molar-refractivity contribution in [3.63, 3.8) is 0 Å². The summed E-state index contributed by atoms with van der Waals surface area (Å²) in [5.41, 5.74) is 0. The molecule has 0 radical (unpaired) electrons. The molecule has 2 rings (SSSR count). The average molecular weight is 353 g/mol. The second-order valence-corrected chi connectivity index (χ2v) is 9.38. The van der Waals surface area contributed by atoms with Gasteiger partial charge in [-0.3, -0.25) is 4.79 Å². The van der Waals surface area contributed by atoms with Crippen molar-refractivity contribution >= 4 is 5.97 Å². The number of hydrogen-bond acceptors (Lipinski definition) is 3. The molecule has 2 saturated carbocycles. The molecule has 0 aliphatic heterocycles. The van der Waals surface area contributed by atoms with Crippen LogP contribution in [-0.2, 0) is 14.3 Å². The Labute approximate surface area is 155 Å². The number of ether oxygens (including phenoxy) is 2. The van der Waals surface area contributed by atoms with E-state index >= 15 is 0 Å². The highest BCUT2D eigenvalue weighted by molar-refractivity contribution is 5.71. The minimum absolute atomic E-state index is 0.0273. The zero-order chi connectivity index (χ0) is 18.6. The standard InChI is InChI=1S/C22H40O3/c1-14(2)19-7-9-20(10-8-19)24-13-25-22(23)17(5)12-21-16(4)11-15(3)18(21)6/h14-21H,7-13H2,1-6H3. The number of esters is 1. The number of carbonyl (C=O) groups is 1. The third-order valence-electron chi connectivity index (χ3n) is 7.24. The van der Waals surface area contributed by atoms with Crippen LogP contribution in [0.4, 0.5) is 0 Å². The van der Waals surface area contributed by atoms with Gasteiger partial charge in [0.15, 0.2) is 6.79 Å². The maximum absolute atomic E-state index is 12.3. The van der Waals surface area contributed by atoms with Gasteiger partial charge in [-0.25, -0.2) is 0 Å². The van der Waals surface area contributed by atoms with Crippen molar-refractivity contribution in [3.8, 4) is 0 Å². The normalized spacial score (nSPS) is 37.2. The molecule has 0 aromatic heterocycles. The summed E-state index contributed by atoms with van der Waals surface area (Å²) in [6.07, 6.45) is 7.19. The molecule has 5 atom stereocenters. The molecule has 0 aromatic carbocycles. The molecule has 0 N–H and O–H groups in total. The minimum Gasteiger partial charge on any atom is -0.438 e. The van der Waals surface area contributed by atoms with Crippen LogP contribution in [0, 0.1) is 41.4 Å². The topological polar surface area (TPSA) is 35.5 Å². The molecule has 2 aliphatic carbocycles. The molecule has 0 bridgehead atoms. The molecule has 2 aliphatic rings. The van der Waals surface area contributed by atoms with Crippen LogP contribution < -0.4 is 0 Å². The second kappa shape index (κ2) is 9.39. The van der Waals surface area contributed by atoms with E-state index in [0.717, 1.165) is 37.0 Å². The highest BCUT2D eigenvalue weighted by Gasteiger charge is 2.37. The summed E-state index contributed by atoms with van der Waals surface area (Å²) < 4.78 is 11.2. The first kappa shape index (κ1) is 20.7. The molecule has 0 heterocycles. The Balaban J connectivity index is 1.65. The van der Waals surface area contributed by atoms with E-state index in [4.69, 9.17) is 9.47 Å². The predicted octanol–water partition coefficient (Wildman–Crippen LogP) is 5.67. The van der Waals surface area contributed by atoms with Crippen molar-refractivity contribution in [2.45, 2.75) is 86.2 Å². The van der Waals surface area contributed by atoms with Crippen LogP contribution in [0.2, 0.25) is 0 Å². The van der Waals surface area contributed by atoms with Gasteiger partial charge in [0.05, 0.1) is 12.0 Å². The number of rotatable bonds is 7. The van der Waals surface area contributed by atoms with E-state index in [1.807, 2.05) is 6.92 Å². The summed E-state index contributed by atoms with van der Waals surface area (Å²) in [6.45, 7) is 13.8. The summed E-state index contributed by atoms with van der Waals surface area (Å²) in [4.78, 5) is 12.3. The van der Waals surface area contributed by atoms with Crippen molar-refractivity contribution in [3.05, 3.63) is 0 Å². The Morgan fingerprint density at radius 3 is 2.16 bits per heavy atom. The van der Waals surface area contributed by atoms with Gasteiger partial charge in [0.2, 0.25) is 0 Å². The number of carbonyl (C=O) groups excluding carboxylic acids is 1. The maximum atomic E-state index is 12.3. The SMILES string of the molecule is CC(CC1C(C)CC(C)C1C)C(=O)OCOC1CCC(C(C)C)CC1. The molecular formula is C22H40O3. The van der Waals surface area contributed by atoms with Crippen LogP contribution in [0.1, 0.15) is 80.1 Å². The molecule has 146 valence electrons. The first-order chi connectivity index (χ1) is 11.8. The lowest BCUT2D eigenvalue weighted by atomic mass is 9.80. The Bertz CT molecular complexity index is 411. The smallest absolute Gasteiger partial charge is 0.310 e. The molecule has 0 spiro atoms. The van der Waals surface area contributed by atoms with E-state index < -0.39 is 0 Å². The lowest BCUT2D eigenvalue weighted by Gasteiger charge is -2.30. The van der Waals surface area contributed by atoms with Gasteiger partial charge in [0, 0.05) is 0 Å². The number of hydrogen-bond donors (Lipinski definition) is 0. The Morgan fingerprint density at radius 1 is 1.00 bits per heavy atom. The lowest BCUT2D eigenvalue weighted by molar-refractivity contribution is -0.167. The first-order valence-electron chi connectivity index (χ1n) is 10.6. The summed E-state index contributed by atoms with van der Waals surface area (Å²) >= 11 is 0. The van der Waals surface area contributed by atoms with Gasteiger partial charge in [0.25, 0.3) is 0 Å². The van der Waals surface area contributed by atoms with E-state index in [1.165, 1.54) is 19.3 Å². The zero-order valence-corrected chi connectivity index (χ0v) is 17.3. The van der Waals surface area contributed by atoms with Gasteiger partial charge >= 0.3 is 5.97 Å². The molecule has 0 saturated heterocycles.